The van der Waals surface area contributed by atoms with E-state index < -0.39 is 11.9 Å². The molecule has 1 aromatic carbocycles. The number of rotatable bonds is 6. The van der Waals surface area contributed by atoms with Crippen molar-refractivity contribution in [3.63, 3.8) is 0 Å². The number of benzene rings is 1. The number of carboxylic acid groups (broad SMARTS) is 1. The molecule has 0 fully saturated rings. The Balaban J connectivity index is 2.93. The predicted molar refractivity (Wildman–Crippen MR) is 71.3 cm³/mol. The van der Waals surface area contributed by atoms with E-state index in [1.54, 1.807) is 45.5 Å². The van der Waals surface area contributed by atoms with Gasteiger partial charge in [0.1, 0.15) is 5.75 Å². The van der Waals surface area contributed by atoms with Gasteiger partial charge >= 0.3 is 5.97 Å². The summed E-state index contributed by atoms with van der Waals surface area (Å²) < 4.78 is 5.07. The minimum Gasteiger partial charge on any atom is -0.497 e. The van der Waals surface area contributed by atoms with Crippen LogP contribution in [0.5, 0.6) is 5.75 Å². The Labute approximate surface area is 112 Å². The molecule has 0 spiro atoms. The third kappa shape index (κ3) is 4.28. The van der Waals surface area contributed by atoms with Crippen molar-refractivity contribution in [3.8, 4) is 5.75 Å². The molecule has 1 amide bonds. The number of carboxylic acids is 1. The smallest absolute Gasteiger partial charge is 0.303 e. The van der Waals surface area contributed by atoms with Crippen LogP contribution in [0.3, 0.4) is 0 Å². The van der Waals surface area contributed by atoms with Crippen molar-refractivity contribution in [2.45, 2.75) is 18.8 Å². The van der Waals surface area contributed by atoms with Crippen LogP contribution >= 0.6 is 0 Å². The van der Waals surface area contributed by atoms with Gasteiger partial charge in [-0.3, -0.25) is 9.59 Å². The fourth-order valence-electron chi connectivity index (χ4n) is 1.85. The molecule has 0 aromatic heterocycles. The summed E-state index contributed by atoms with van der Waals surface area (Å²) in [5.41, 5.74) is 0.806. The quantitative estimate of drug-likeness (QED) is 0.850. The first-order chi connectivity index (χ1) is 8.95. The highest BCUT2D eigenvalue weighted by molar-refractivity contribution is 5.84. The first-order valence-electron chi connectivity index (χ1n) is 6.02. The summed E-state index contributed by atoms with van der Waals surface area (Å²) in [6.45, 7) is 0. The van der Waals surface area contributed by atoms with Gasteiger partial charge < -0.3 is 14.7 Å². The second kappa shape index (κ2) is 6.78. The summed E-state index contributed by atoms with van der Waals surface area (Å²) in [5.74, 6) is -0.716. The highest BCUT2D eigenvalue weighted by atomic mass is 16.5. The van der Waals surface area contributed by atoms with Crippen LogP contribution in [0, 0.1) is 0 Å². The Morgan fingerprint density at radius 2 is 1.84 bits per heavy atom. The van der Waals surface area contributed by atoms with Crippen molar-refractivity contribution in [2.75, 3.05) is 21.2 Å². The molecule has 0 radical (unpaired) electrons. The molecule has 5 heteroatoms. The number of carbonyl (C=O) groups excluding carboxylic acids is 1. The summed E-state index contributed by atoms with van der Waals surface area (Å²) >= 11 is 0. The van der Waals surface area contributed by atoms with E-state index in [0.717, 1.165) is 5.56 Å². The maximum atomic E-state index is 12.1. The molecular formula is C14H19NO4. The fourth-order valence-corrected chi connectivity index (χ4v) is 1.85. The normalized spacial score (nSPS) is 11.7. The predicted octanol–water partition coefficient (Wildman–Crippen LogP) is 1.73. The molecule has 0 bridgehead atoms. The molecule has 0 saturated carbocycles. The van der Waals surface area contributed by atoms with Gasteiger partial charge in [0.2, 0.25) is 5.91 Å². The van der Waals surface area contributed by atoms with E-state index >= 15 is 0 Å². The van der Waals surface area contributed by atoms with E-state index in [1.165, 1.54) is 4.90 Å². The molecule has 0 heterocycles. The molecule has 1 aromatic rings. The molecule has 104 valence electrons. The van der Waals surface area contributed by atoms with Crippen LogP contribution in [0.1, 0.15) is 24.3 Å². The number of ether oxygens (including phenoxy) is 1. The van der Waals surface area contributed by atoms with Gasteiger partial charge in [0, 0.05) is 20.5 Å². The fraction of sp³-hybridized carbons (Fsp3) is 0.429. The Hall–Kier alpha value is -2.04. The second-order valence-electron chi connectivity index (χ2n) is 4.49. The van der Waals surface area contributed by atoms with Crippen molar-refractivity contribution < 1.29 is 19.4 Å². The van der Waals surface area contributed by atoms with Crippen LogP contribution in [0.2, 0.25) is 0 Å². The standard InChI is InChI=1S/C14H19NO4/c1-15(2)14(18)12(8-9-13(16)17)10-4-6-11(19-3)7-5-10/h4-7,12H,8-9H2,1-3H3,(H,16,17). The third-order valence-electron chi connectivity index (χ3n) is 2.90. The third-order valence-corrected chi connectivity index (χ3v) is 2.90. The summed E-state index contributed by atoms with van der Waals surface area (Å²) in [6, 6.07) is 7.14. The molecule has 0 aliphatic carbocycles. The number of hydrogen-bond acceptors (Lipinski definition) is 3. The summed E-state index contributed by atoms with van der Waals surface area (Å²) in [7, 11) is 4.90. The maximum Gasteiger partial charge on any atom is 0.303 e. The number of aliphatic carboxylic acids is 1. The van der Waals surface area contributed by atoms with E-state index in [0.29, 0.717) is 12.2 Å². The van der Waals surface area contributed by atoms with Gasteiger partial charge in [0.05, 0.1) is 13.0 Å². The molecular weight excluding hydrogens is 246 g/mol. The van der Waals surface area contributed by atoms with Gasteiger partial charge in [-0.2, -0.15) is 0 Å². The molecule has 19 heavy (non-hydrogen) atoms. The zero-order chi connectivity index (χ0) is 14.4. The van der Waals surface area contributed by atoms with Crippen LogP contribution in [0.25, 0.3) is 0 Å². The molecule has 1 atom stereocenters. The first kappa shape index (κ1) is 15.0. The van der Waals surface area contributed by atoms with Gasteiger partial charge in [-0.05, 0) is 24.1 Å². The van der Waals surface area contributed by atoms with Crippen molar-refractivity contribution in [3.05, 3.63) is 29.8 Å². The van der Waals surface area contributed by atoms with E-state index in [1.807, 2.05) is 0 Å². The minimum atomic E-state index is -0.898. The van der Waals surface area contributed by atoms with Crippen LogP contribution in [-0.4, -0.2) is 43.1 Å². The molecule has 1 N–H and O–H groups in total. The summed E-state index contributed by atoms with van der Waals surface area (Å²) in [5, 5.41) is 8.77. The maximum absolute atomic E-state index is 12.1. The van der Waals surface area contributed by atoms with Crippen LogP contribution < -0.4 is 4.74 Å². The van der Waals surface area contributed by atoms with Gasteiger partial charge in [-0.1, -0.05) is 12.1 Å². The van der Waals surface area contributed by atoms with Crippen LogP contribution in [-0.2, 0) is 9.59 Å². The monoisotopic (exact) mass is 265 g/mol. The molecule has 0 aliphatic heterocycles. The zero-order valence-corrected chi connectivity index (χ0v) is 11.4. The average molecular weight is 265 g/mol. The number of likely N-dealkylation sites (N-methyl/N-ethyl adjacent to an activating group) is 1. The van der Waals surface area contributed by atoms with Crippen molar-refractivity contribution in [1.82, 2.24) is 4.90 Å². The molecule has 1 rings (SSSR count). The van der Waals surface area contributed by atoms with E-state index in [2.05, 4.69) is 0 Å². The lowest BCUT2D eigenvalue weighted by molar-refractivity contribution is -0.137. The number of hydrogen-bond donors (Lipinski definition) is 1. The molecule has 1 unspecified atom stereocenters. The lowest BCUT2D eigenvalue weighted by Gasteiger charge is -2.20. The number of nitrogens with zero attached hydrogens (tertiary/aromatic N) is 1. The molecule has 5 nitrogen and oxygen atoms in total. The molecule has 0 aliphatic rings. The lowest BCUT2D eigenvalue weighted by Crippen LogP contribution is -2.28. The minimum absolute atomic E-state index is 0.0315. The van der Waals surface area contributed by atoms with Crippen LogP contribution in [0.15, 0.2) is 24.3 Å². The Kier molecular flexibility index (Phi) is 5.36. The Bertz CT molecular complexity index is 439. The number of carbonyl (C=O) groups is 2. The highest BCUT2D eigenvalue weighted by Gasteiger charge is 2.23. The van der Waals surface area contributed by atoms with Crippen molar-refractivity contribution >= 4 is 11.9 Å². The summed E-state index contributed by atoms with van der Waals surface area (Å²) in [6.07, 6.45) is 0.259. The van der Waals surface area contributed by atoms with E-state index in [-0.39, 0.29) is 12.3 Å². The zero-order valence-electron chi connectivity index (χ0n) is 11.4. The number of methoxy groups -OCH3 is 1. The van der Waals surface area contributed by atoms with Crippen LogP contribution in [0.4, 0.5) is 0 Å². The summed E-state index contributed by atoms with van der Waals surface area (Å²) in [4.78, 5) is 24.3. The van der Waals surface area contributed by atoms with Crippen molar-refractivity contribution in [2.24, 2.45) is 0 Å². The topological polar surface area (TPSA) is 66.8 Å². The second-order valence-corrected chi connectivity index (χ2v) is 4.49. The SMILES string of the molecule is COc1ccc(C(CCC(=O)O)C(=O)N(C)C)cc1. The van der Waals surface area contributed by atoms with Gasteiger partial charge in [0.25, 0.3) is 0 Å². The van der Waals surface area contributed by atoms with Crippen molar-refractivity contribution in [1.29, 1.82) is 0 Å². The Morgan fingerprint density at radius 1 is 1.26 bits per heavy atom. The lowest BCUT2D eigenvalue weighted by atomic mass is 9.93. The average Bonchev–Trinajstić information content (AvgIpc) is 2.39. The van der Waals surface area contributed by atoms with E-state index in [9.17, 15) is 9.59 Å². The van der Waals surface area contributed by atoms with Gasteiger partial charge in [0.15, 0.2) is 0 Å². The largest absolute Gasteiger partial charge is 0.497 e. The van der Waals surface area contributed by atoms with E-state index in [4.69, 9.17) is 9.84 Å². The van der Waals surface area contributed by atoms with Gasteiger partial charge in [-0.15, -0.1) is 0 Å². The highest BCUT2D eigenvalue weighted by Crippen LogP contribution is 2.25. The Morgan fingerprint density at radius 3 is 2.26 bits per heavy atom. The first-order valence-corrected chi connectivity index (χ1v) is 6.02. The molecule has 0 saturated heterocycles. The number of amides is 1. The van der Waals surface area contributed by atoms with Gasteiger partial charge in [-0.25, -0.2) is 0 Å².